The van der Waals surface area contributed by atoms with Crippen LogP contribution in [0.25, 0.3) is 6.08 Å². The Bertz CT molecular complexity index is 404. The second-order valence-electron chi connectivity index (χ2n) is 2.52. The van der Waals surface area contributed by atoms with Gasteiger partial charge in [0.2, 0.25) is 0 Å². The standard InChI is InChI=1S/C8H11N5O/c1-3-4-5-12-7(9)6(8(10)14)13(5)11-2/h3-4H,2,9H2,1H3,(H2,10,14)/b4-3-. The van der Waals surface area contributed by atoms with E-state index in [9.17, 15) is 4.79 Å². The third-order valence-corrected chi connectivity index (χ3v) is 1.60. The van der Waals surface area contributed by atoms with E-state index in [1.165, 1.54) is 4.68 Å². The second-order valence-corrected chi connectivity index (χ2v) is 2.52. The molecule has 14 heavy (non-hydrogen) atoms. The Morgan fingerprint density at radius 1 is 1.71 bits per heavy atom. The minimum atomic E-state index is -0.682. The fourth-order valence-corrected chi connectivity index (χ4v) is 1.08. The number of rotatable bonds is 3. The monoisotopic (exact) mass is 193 g/mol. The number of hydrogen-bond acceptors (Lipinski definition) is 4. The van der Waals surface area contributed by atoms with Gasteiger partial charge in [0.05, 0.1) is 0 Å². The minimum absolute atomic E-state index is 0.0492. The van der Waals surface area contributed by atoms with E-state index in [1.807, 2.05) is 6.92 Å². The van der Waals surface area contributed by atoms with E-state index in [0.717, 1.165) is 0 Å². The summed E-state index contributed by atoms with van der Waals surface area (Å²) in [6, 6.07) is 0. The number of aromatic nitrogens is 2. The molecule has 74 valence electrons. The van der Waals surface area contributed by atoms with Crippen molar-refractivity contribution in [3.63, 3.8) is 0 Å². The van der Waals surface area contributed by atoms with Crippen molar-refractivity contribution < 1.29 is 4.79 Å². The first-order valence-corrected chi connectivity index (χ1v) is 3.89. The molecule has 6 heteroatoms. The number of allylic oxidation sites excluding steroid dienone is 1. The predicted octanol–water partition coefficient (Wildman–Crippen LogP) is 0.0610. The van der Waals surface area contributed by atoms with E-state index in [1.54, 1.807) is 12.2 Å². The molecule has 0 saturated heterocycles. The molecule has 0 aliphatic heterocycles. The lowest BCUT2D eigenvalue weighted by Gasteiger charge is -1.98. The zero-order valence-electron chi connectivity index (χ0n) is 7.77. The van der Waals surface area contributed by atoms with Crippen LogP contribution in [0.15, 0.2) is 11.2 Å². The van der Waals surface area contributed by atoms with Gasteiger partial charge in [-0.25, -0.2) is 9.66 Å². The average molecular weight is 193 g/mol. The average Bonchev–Trinajstić information content (AvgIpc) is 2.42. The number of nitrogens with zero attached hydrogens (tertiary/aromatic N) is 3. The molecule has 1 heterocycles. The van der Waals surface area contributed by atoms with Crippen LogP contribution in [0.3, 0.4) is 0 Å². The van der Waals surface area contributed by atoms with Crippen molar-refractivity contribution in [3.05, 3.63) is 17.6 Å². The Balaban J connectivity index is 3.42. The number of imidazole rings is 1. The van der Waals surface area contributed by atoms with Crippen LogP contribution in [-0.4, -0.2) is 22.3 Å². The molecular weight excluding hydrogens is 182 g/mol. The molecule has 1 aromatic heterocycles. The van der Waals surface area contributed by atoms with E-state index < -0.39 is 5.91 Å². The third kappa shape index (κ3) is 1.49. The Morgan fingerprint density at radius 3 is 2.79 bits per heavy atom. The lowest BCUT2D eigenvalue weighted by atomic mass is 10.4. The van der Waals surface area contributed by atoms with Gasteiger partial charge in [0.15, 0.2) is 17.3 Å². The van der Waals surface area contributed by atoms with Gasteiger partial charge in [0, 0.05) is 6.72 Å². The highest BCUT2D eigenvalue weighted by Crippen LogP contribution is 2.14. The Morgan fingerprint density at radius 2 is 2.36 bits per heavy atom. The van der Waals surface area contributed by atoms with Crippen LogP contribution in [0.2, 0.25) is 0 Å². The molecule has 0 aromatic carbocycles. The number of anilines is 1. The van der Waals surface area contributed by atoms with Crippen LogP contribution in [0.5, 0.6) is 0 Å². The quantitative estimate of drug-likeness (QED) is 0.664. The van der Waals surface area contributed by atoms with Crippen LogP contribution in [-0.2, 0) is 0 Å². The largest absolute Gasteiger partial charge is 0.382 e. The minimum Gasteiger partial charge on any atom is -0.382 e. The fraction of sp³-hybridized carbons (Fsp3) is 0.125. The van der Waals surface area contributed by atoms with Crippen LogP contribution < -0.4 is 11.5 Å². The van der Waals surface area contributed by atoms with Gasteiger partial charge in [-0.2, -0.15) is 5.10 Å². The molecular formula is C8H11N5O. The number of primary amides is 1. The van der Waals surface area contributed by atoms with E-state index >= 15 is 0 Å². The zero-order valence-corrected chi connectivity index (χ0v) is 7.77. The van der Waals surface area contributed by atoms with Gasteiger partial charge < -0.3 is 11.5 Å². The maximum Gasteiger partial charge on any atom is 0.271 e. The smallest absolute Gasteiger partial charge is 0.271 e. The summed E-state index contributed by atoms with van der Waals surface area (Å²) in [5.41, 5.74) is 10.7. The molecule has 1 amide bonds. The number of nitrogen functional groups attached to an aromatic ring is 1. The molecule has 0 aliphatic rings. The topological polar surface area (TPSA) is 99.3 Å². The van der Waals surface area contributed by atoms with Crippen LogP contribution in [0.4, 0.5) is 5.82 Å². The van der Waals surface area contributed by atoms with Gasteiger partial charge in [0.1, 0.15) is 0 Å². The van der Waals surface area contributed by atoms with Gasteiger partial charge in [-0.1, -0.05) is 6.08 Å². The number of carbonyl (C=O) groups is 1. The number of carbonyl (C=O) groups excluding carboxylic acids is 1. The second kappa shape index (κ2) is 3.73. The third-order valence-electron chi connectivity index (χ3n) is 1.60. The Labute approximate surface area is 80.9 Å². The summed E-state index contributed by atoms with van der Waals surface area (Å²) in [4.78, 5) is 14.9. The van der Waals surface area contributed by atoms with Crippen LogP contribution >= 0.6 is 0 Å². The Kier molecular flexibility index (Phi) is 2.66. The number of nitrogens with two attached hydrogens (primary N) is 2. The van der Waals surface area contributed by atoms with Crippen molar-refractivity contribution in [2.75, 3.05) is 5.73 Å². The molecule has 0 unspecified atom stereocenters. The zero-order chi connectivity index (χ0) is 10.7. The van der Waals surface area contributed by atoms with Crippen molar-refractivity contribution in [2.24, 2.45) is 10.8 Å². The summed E-state index contributed by atoms with van der Waals surface area (Å²) in [6.45, 7) is 5.11. The molecule has 0 radical (unpaired) electrons. The van der Waals surface area contributed by atoms with Crippen LogP contribution in [0.1, 0.15) is 23.2 Å². The first-order chi connectivity index (χ1) is 6.61. The summed E-state index contributed by atoms with van der Waals surface area (Å²) in [6.07, 6.45) is 3.39. The SMILES string of the molecule is C=Nn1c(/C=C\C)nc(N)c1C(N)=O. The van der Waals surface area contributed by atoms with E-state index in [-0.39, 0.29) is 11.5 Å². The molecule has 0 aliphatic carbocycles. The molecule has 0 bridgehead atoms. The van der Waals surface area contributed by atoms with Crippen molar-refractivity contribution in [1.29, 1.82) is 0 Å². The van der Waals surface area contributed by atoms with E-state index in [0.29, 0.717) is 5.82 Å². The summed E-state index contributed by atoms with van der Waals surface area (Å²) in [5, 5.41) is 3.60. The predicted molar refractivity (Wildman–Crippen MR) is 54.8 cm³/mol. The van der Waals surface area contributed by atoms with Crippen molar-refractivity contribution in [1.82, 2.24) is 9.66 Å². The number of amides is 1. The Hall–Kier alpha value is -2.11. The molecule has 0 spiro atoms. The van der Waals surface area contributed by atoms with Gasteiger partial charge in [0.25, 0.3) is 5.91 Å². The lowest BCUT2D eigenvalue weighted by Crippen LogP contribution is -2.17. The summed E-state index contributed by atoms with van der Waals surface area (Å²) in [5.74, 6) is -0.204. The molecule has 1 aromatic rings. The van der Waals surface area contributed by atoms with Crippen molar-refractivity contribution in [2.45, 2.75) is 6.92 Å². The highest BCUT2D eigenvalue weighted by molar-refractivity contribution is 5.96. The van der Waals surface area contributed by atoms with Crippen LogP contribution in [0, 0.1) is 0 Å². The van der Waals surface area contributed by atoms with Crippen molar-refractivity contribution in [3.8, 4) is 0 Å². The van der Waals surface area contributed by atoms with E-state index in [4.69, 9.17) is 11.5 Å². The first-order valence-electron chi connectivity index (χ1n) is 3.89. The highest BCUT2D eigenvalue weighted by atomic mass is 16.1. The molecule has 0 atom stereocenters. The maximum atomic E-state index is 11.0. The molecule has 6 nitrogen and oxygen atoms in total. The highest BCUT2D eigenvalue weighted by Gasteiger charge is 2.17. The summed E-state index contributed by atoms with van der Waals surface area (Å²) < 4.78 is 1.21. The molecule has 1 rings (SSSR count). The maximum absolute atomic E-state index is 11.0. The van der Waals surface area contributed by atoms with Gasteiger partial charge in [-0.15, -0.1) is 0 Å². The van der Waals surface area contributed by atoms with E-state index in [2.05, 4.69) is 16.8 Å². The van der Waals surface area contributed by atoms with Crippen molar-refractivity contribution >= 4 is 24.5 Å². The lowest BCUT2D eigenvalue weighted by molar-refractivity contribution is 0.0993. The number of hydrogen-bond donors (Lipinski definition) is 2. The molecule has 4 N–H and O–H groups in total. The summed E-state index contributed by atoms with van der Waals surface area (Å²) >= 11 is 0. The van der Waals surface area contributed by atoms with Gasteiger partial charge >= 0.3 is 0 Å². The summed E-state index contributed by atoms with van der Waals surface area (Å²) in [7, 11) is 0. The fourth-order valence-electron chi connectivity index (χ4n) is 1.08. The van der Waals surface area contributed by atoms with Gasteiger partial charge in [-0.3, -0.25) is 4.79 Å². The molecule has 0 fully saturated rings. The molecule has 0 saturated carbocycles. The first kappa shape index (κ1) is 9.97. The normalized spacial score (nSPS) is 10.6. The van der Waals surface area contributed by atoms with Gasteiger partial charge in [-0.05, 0) is 13.0 Å².